The van der Waals surface area contributed by atoms with Gasteiger partial charge in [-0.3, -0.25) is 4.79 Å². The Morgan fingerprint density at radius 1 is 1.40 bits per heavy atom. The number of hydrogen-bond acceptors (Lipinski definition) is 3. The van der Waals surface area contributed by atoms with Crippen LogP contribution in [0.5, 0.6) is 0 Å². The van der Waals surface area contributed by atoms with Crippen molar-refractivity contribution >= 4 is 5.91 Å². The van der Waals surface area contributed by atoms with Crippen molar-refractivity contribution < 1.29 is 9.53 Å². The molecule has 1 aliphatic rings. The highest BCUT2D eigenvalue weighted by atomic mass is 16.5. The van der Waals surface area contributed by atoms with E-state index in [0.29, 0.717) is 6.61 Å². The zero-order valence-electron chi connectivity index (χ0n) is 9.34. The molecular formula is C11H22N2O2. The van der Waals surface area contributed by atoms with E-state index < -0.39 is 0 Å². The van der Waals surface area contributed by atoms with Crippen LogP contribution in [0.4, 0.5) is 0 Å². The van der Waals surface area contributed by atoms with E-state index in [1.165, 1.54) is 0 Å². The van der Waals surface area contributed by atoms with Crippen LogP contribution in [0, 0.1) is 5.92 Å². The molecule has 88 valence electrons. The Labute approximate surface area is 91.5 Å². The summed E-state index contributed by atoms with van der Waals surface area (Å²) in [5.74, 6) is 0.232. The average molecular weight is 214 g/mol. The van der Waals surface area contributed by atoms with Crippen LogP contribution in [0.15, 0.2) is 0 Å². The number of nitrogens with two attached hydrogens (primary N) is 1. The molecule has 0 saturated carbocycles. The minimum absolute atomic E-state index is 0.0771. The predicted molar refractivity (Wildman–Crippen MR) is 59.5 cm³/mol. The molecule has 0 aromatic rings. The van der Waals surface area contributed by atoms with Crippen LogP contribution < -0.4 is 11.1 Å². The van der Waals surface area contributed by atoms with Crippen molar-refractivity contribution in [2.75, 3.05) is 26.3 Å². The maximum Gasteiger partial charge on any atom is 0.225 e. The quantitative estimate of drug-likeness (QED) is 0.638. The zero-order chi connectivity index (χ0) is 10.9. The molecule has 0 bridgehead atoms. The highest BCUT2D eigenvalue weighted by Crippen LogP contribution is 2.13. The summed E-state index contributed by atoms with van der Waals surface area (Å²) in [6.45, 7) is 2.91. The van der Waals surface area contributed by atoms with Gasteiger partial charge in [0, 0.05) is 13.2 Å². The summed E-state index contributed by atoms with van der Waals surface area (Å²) in [5, 5.41) is 2.95. The van der Waals surface area contributed by atoms with E-state index >= 15 is 0 Å². The van der Waals surface area contributed by atoms with Gasteiger partial charge in [-0.15, -0.1) is 0 Å². The van der Waals surface area contributed by atoms with Crippen molar-refractivity contribution in [1.29, 1.82) is 0 Å². The molecule has 4 nitrogen and oxygen atoms in total. The lowest BCUT2D eigenvalue weighted by atomic mass is 10.0. The van der Waals surface area contributed by atoms with Crippen LogP contribution in [0.1, 0.15) is 32.1 Å². The van der Waals surface area contributed by atoms with E-state index in [2.05, 4.69) is 5.32 Å². The molecule has 4 heteroatoms. The predicted octanol–water partition coefficient (Wildman–Crippen LogP) is 0.658. The van der Waals surface area contributed by atoms with E-state index in [1.54, 1.807) is 0 Å². The number of carbonyl (C=O) groups is 1. The van der Waals surface area contributed by atoms with Crippen LogP contribution in [-0.2, 0) is 9.53 Å². The van der Waals surface area contributed by atoms with Gasteiger partial charge in [-0.25, -0.2) is 0 Å². The molecule has 1 saturated heterocycles. The summed E-state index contributed by atoms with van der Waals surface area (Å²) in [6.07, 6.45) is 5.14. The summed E-state index contributed by atoms with van der Waals surface area (Å²) in [5.41, 5.74) is 5.38. The van der Waals surface area contributed by atoms with Gasteiger partial charge in [0.2, 0.25) is 5.91 Å². The molecule has 1 heterocycles. The van der Waals surface area contributed by atoms with E-state index in [9.17, 15) is 4.79 Å². The van der Waals surface area contributed by atoms with Gasteiger partial charge in [-0.05, 0) is 32.2 Å². The second kappa shape index (κ2) is 7.65. The average Bonchev–Trinajstić information content (AvgIpc) is 2.30. The molecule has 1 amide bonds. The van der Waals surface area contributed by atoms with Gasteiger partial charge in [-0.2, -0.15) is 0 Å². The SMILES string of the molecule is NCCCCCNC(=O)C1CCCOC1. The molecule has 15 heavy (non-hydrogen) atoms. The van der Waals surface area contributed by atoms with Crippen LogP contribution in [0.2, 0.25) is 0 Å². The van der Waals surface area contributed by atoms with Gasteiger partial charge in [-0.1, -0.05) is 6.42 Å². The normalized spacial score (nSPS) is 21.3. The Morgan fingerprint density at radius 2 is 2.27 bits per heavy atom. The molecule has 0 spiro atoms. The number of rotatable bonds is 6. The fourth-order valence-electron chi connectivity index (χ4n) is 1.75. The summed E-state index contributed by atoms with van der Waals surface area (Å²) < 4.78 is 5.27. The summed E-state index contributed by atoms with van der Waals surface area (Å²) in [4.78, 5) is 11.6. The molecule has 3 N–H and O–H groups in total. The van der Waals surface area contributed by atoms with Gasteiger partial charge in [0.1, 0.15) is 0 Å². The molecule has 1 unspecified atom stereocenters. The van der Waals surface area contributed by atoms with Crippen LogP contribution in [0.3, 0.4) is 0 Å². The number of hydrogen-bond donors (Lipinski definition) is 2. The van der Waals surface area contributed by atoms with E-state index in [1.807, 2.05) is 0 Å². The fourth-order valence-corrected chi connectivity index (χ4v) is 1.75. The smallest absolute Gasteiger partial charge is 0.225 e. The van der Waals surface area contributed by atoms with Crippen LogP contribution >= 0.6 is 0 Å². The lowest BCUT2D eigenvalue weighted by Crippen LogP contribution is -2.36. The van der Waals surface area contributed by atoms with Crippen LogP contribution in [-0.4, -0.2) is 32.2 Å². The first-order valence-electron chi connectivity index (χ1n) is 5.90. The molecule has 1 atom stereocenters. The topological polar surface area (TPSA) is 64.3 Å². The third-order valence-corrected chi connectivity index (χ3v) is 2.71. The van der Waals surface area contributed by atoms with E-state index in [0.717, 1.165) is 51.8 Å². The molecule has 0 aliphatic carbocycles. The third-order valence-electron chi connectivity index (χ3n) is 2.71. The third kappa shape index (κ3) is 5.14. The Morgan fingerprint density at radius 3 is 2.93 bits per heavy atom. The maximum atomic E-state index is 11.6. The number of carbonyl (C=O) groups excluding carboxylic acids is 1. The van der Waals surface area contributed by atoms with Crippen molar-refractivity contribution in [3.8, 4) is 0 Å². The second-order valence-electron chi connectivity index (χ2n) is 4.05. The van der Waals surface area contributed by atoms with Crippen molar-refractivity contribution in [2.45, 2.75) is 32.1 Å². The minimum Gasteiger partial charge on any atom is -0.381 e. The summed E-state index contributed by atoms with van der Waals surface area (Å²) in [6, 6.07) is 0. The zero-order valence-corrected chi connectivity index (χ0v) is 9.34. The van der Waals surface area contributed by atoms with Crippen molar-refractivity contribution in [3.63, 3.8) is 0 Å². The fraction of sp³-hybridized carbons (Fsp3) is 0.909. The number of unbranched alkanes of at least 4 members (excludes halogenated alkanes) is 2. The lowest BCUT2D eigenvalue weighted by molar-refractivity contribution is -0.128. The second-order valence-corrected chi connectivity index (χ2v) is 4.05. The van der Waals surface area contributed by atoms with Gasteiger partial charge in [0.15, 0.2) is 0 Å². The molecule has 0 radical (unpaired) electrons. The van der Waals surface area contributed by atoms with Crippen molar-refractivity contribution in [2.24, 2.45) is 11.7 Å². The molecular weight excluding hydrogens is 192 g/mol. The highest BCUT2D eigenvalue weighted by Gasteiger charge is 2.20. The number of amides is 1. The van der Waals surface area contributed by atoms with Crippen molar-refractivity contribution in [1.82, 2.24) is 5.32 Å². The maximum absolute atomic E-state index is 11.6. The van der Waals surface area contributed by atoms with E-state index in [4.69, 9.17) is 10.5 Å². The van der Waals surface area contributed by atoms with E-state index in [-0.39, 0.29) is 11.8 Å². The molecule has 1 fully saturated rings. The Hall–Kier alpha value is -0.610. The molecule has 0 aromatic carbocycles. The van der Waals surface area contributed by atoms with Gasteiger partial charge < -0.3 is 15.8 Å². The largest absolute Gasteiger partial charge is 0.381 e. The van der Waals surface area contributed by atoms with Gasteiger partial charge in [0.25, 0.3) is 0 Å². The molecule has 0 aromatic heterocycles. The Balaban J connectivity index is 2.02. The van der Waals surface area contributed by atoms with Crippen LogP contribution in [0.25, 0.3) is 0 Å². The lowest BCUT2D eigenvalue weighted by Gasteiger charge is -2.21. The Bertz CT molecular complexity index is 179. The molecule has 1 rings (SSSR count). The molecule has 1 aliphatic heterocycles. The Kier molecular flexibility index (Phi) is 6.36. The standard InChI is InChI=1S/C11H22N2O2/c12-6-2-1-3-7-13-11(14)10-5-4-8-15-9-10/h10H,1-9,12H2,(H,13,14). The first kappa shape index (κ1) is 12.5. The monoisotopic (exact) mass is 214 g/mol. The first-order chi connectivity index (χ1) is 7.34. The summed E-state index contributed by atoms with van der Waals surface area (Å²) in [7, 11) is 0. The van der Waals surface area contributed by atoms with Crippen molar-refractivity contribution in [3.05, 3.63) is 0 Å². The van der Waals surface area contributed by atoms with Gasteiger partial charge >= 0.3 is 0 Å². The number of nitrogens with one attached hydrogen (secondary N) is 1. The number of ether oxygens (including phenoxy) is 1. The minimum atomic E-state index is 0.0771. The summed E-state index contributed by atoms with van der Waals surface area (Å²) >= 11 is 0. The highest BCUT2D eigenvalue weighted by molar-refractivity contribution is 5.78. The van der Waals surface area contributed by atoms with Gasteiger partial charge in [0.05, 0.1) is 12.5 Å². The first-order valence-corrected chi connectivity index (χ1v) is 5.90.